The van der Waals surface area contributed by atoms with Crippen LogP contribution in [0.2, 0.25) is 0 Å². The van der Waals surface area contributed by atoms with Gasteiger partial charge in [0.15, 0.2) is 0 Å². The van der Waals surface area contributed by atoms with E-state index in [1.54, 1.807) is 25.2 Å². The molecule has 2 aromatic rings. The quantitative estimate of drug-likeness (QED) is 0.908. The number of hydrogen-bond donors (Lipinski definition) is 2. The van der Waals surface area contributed by atoms with Gasteiger partial charge in [-0.1, -0.05) is 6.07 Å². The minimum atomic E-state index is -0.235. The molecule has 2 amide bonds. The van der Waals surface area contributed by atoms with Crippen molar-refractivity contribution in [2.75, 3.05) is 10.6 Å². The fourth-order valence-corrected chi connectivity index (χ4v) is 2.05. The largest absolute Gasteiger partial charge is 0.326 e. The van der Waals surface area contributed by atoms with E-state index in [0.29, 0.717) is 17.1 Å². The lowest BCUT2D eigenvalue weighted by Crippen LogP contribution is -2.17. The Morgan fingerprint density at radius 1 is 1.14 bits per heavy atom. The monoisotopic (exact) mass is 286 g/mol. The summed E-state index contributed by atoms with van der Waals surface area (Å²) in [5.74, 6) is -0.389. The number of amides is 2. The summed E-state index contributed by atoms with van der Waals surface area (Å²) in [6.07, 6.45) is 0. The second kappa shape index (κ2) is 5.78. The number of aryl methyl sites for hydroxylation is 3. The molecule has 0 spiro atoms. The van der Waals surface area contributed by atoms with Crippen LogP contribution in [0.15, 0.2) is 24.3 Å². The maximum absolute atomic E-state index is 12.3. The van der Waals surface area contributed by atoms with Crippen molar-refractivity contribution in [2.45, 2.75) is 20.8 Å². The first-order valence-electron chi connectivity index (χ1n) is 6.57. The highest BCUT2D eigenvalue weighted by Gasteiger charge is 2.13. The van der Waals surface area contributed by atoms with Gasteiger partial charge >= 0.3 is 0 Å². The predicted molar refractivity (Wildman–Crippen MR) is 81.4 cm³/mol. The van der Waals surface area contributed by atoms with Crippen molar-refractivity contribution in [1.29, 1.82) is 0 Å². The topological polar surface area (TPSA) is 76.0 Å². The van der Waals surface area contributed by atoms with Gasteiger partial charge in [0.2, 0.25) is 5.91 Å². The highest BCUT2D eigenvalue weighted by molar-refractivity contribution is 6.04. The molecule has 6 nitrogen and oxygen atoms in total. The number of hydrogen-bond acceptors (Lipinski definition) is 3. The van der Waals surface area contributed by atoms with Crippen LogP contribution in [-0.4, -0.2) is 21.6 Å². The van der Waals surface area contributed by atoms with Crippen molar-refractivity contribution in [3.63, 3.8) is 0 Å². The molecule has 21 heavy (non-hydrogen) atoms. The van der Waals surface area contributed by atoms with Crippen LogP contribution in [-0.2, 0) is 11.8 Å². The summed E-state index contributed by atoms with van der Waals surface area (Å²) < 4.78 is 1.54. The fourth-order valence-electron chi connectivity index (χ4n) is 2.05. The van der Waals surface area contributed by atoms with E-state index in [-0.39, 0.29) is 11.8 Å². The fraction of sp³-hybridized carbons (Fsp3) is 0.267. The van der Waals surface area contributed by atoms with Crippen molar-refractivity contribution < 1.29 is 9.59 Å². The number of carbonyl (C=O) groups is 2. The van der Waals surface area contributed by atoms with Crippen LogP contribution < -0.4 is 10.6 Å². The molecule has 110 valence electrons. The first-order chi connectivity index (χ1) is 9.86. The second-order valence-electron chi connectivity index (χ2n) is 4.96. The maximum atomic E-state index is 12.3. The Morgan fingerprint density at radius 3 is 2.43 bits per heavy atom. The highest BCUT2D eigenvalue weighted by atomic mass is 16.2. The van der Waals surface area contributed by atoms with Crippen molar-refractivity contribution >= 4 is 23.2 Å². The van der Waals surface area contributed by atoms with Gasteiger partial charge in [0.25, 0.3) is 5.91 Å². The summed E-state index contributed by atoms with van der Waals surface area (Å²) in [5.41, 5.74) is 3.48. The summed E-state index contributed by atoms with van der Waals surface area (Å²) in [7, 11) is 1.72. The molecule has 1 heterocycles. The van der Waals surface area contributed by atoms with Crippen LogP contribution in [0.1, 0.15) is 28.7 Å². The van der Waals surface area contributed by atoms with Crippen LogP contribution in [0.25, 0.3) is 0 Å². The molecule has 6 heteroatoms. The van der Waals surface area contributed by atoms with E-state index < -0.39 is 0 Å². The van der Waals surface area contributed by atoms with Crippen molar-refractivity contribution in [2.24, 2.45) is 7.05 Å². The molecule has 0 saturated heterocycles. The Balaban J connectivity index is 2.24. The van der Waals surface area contributed by atoms with Gasteiger partial charge in [-0.05, 0) is 37.6 Å². The molecule has 0 unspecified atom stereocenters. The third-order valence-corrected chi connectivity index (χ3v) is 3.04. The van der Waals surface area contributed by atoms with Gasteiger partial charge < -0.3 is 10.6 Å². The zero-order valence-electron chi connectivity index (χ0n) is 12.5. The summed E-state index contributed by atoms with van der Waals surface area (Å²) in [4.78, 5) is 23.4. The molecule has 0 radical (unpaired) electrons. The summed E-state index contributed by atoms with van der Waals surface area (Å²) in [5, 5.41) is 9.69. The van der Waals surface area contributed by atoms with E-state index in [4.69, 9.17) is 0 Å². The van der Waals surface area contributed by atoms with Gasteiger partial charge in [0.05, 0.1) is 5.69 Å². The molecule has 2 rings (SSSR count). The van der Waals surface area contributed by atoms with Crippen LogP contribution in [0.5, 0.6) is 0 Å². The Kier molecular flexibility index (Phi) is 4.07. The van der Waals surface area contributed by atoms with E-state index in [1.807, 2.05) is 19.9 Å². The van der Waals surface area contributed by atoms with Crippen LogP contribution >= 0.6 is 0 Å². The van der Waals surface area contributed by atoms with Crippen molar-refractivity contribution in [1.82, 2.24) is 9.78 Å². The summed E-state index contributed by atoms with van der Waals surface area (Å²) in [6.45, 7) is 5.16. The molecule has 0 aliphatic rings. The van der Waals surface area contributed by atoms with E-state index in [1.165, 1.54) is 11.6 Å². The number of nitrogens with zero attached hydrogens (tertiary/aromatic N) is 2. The number of aromatic nitrogens is 2. The average Bonchev–Trinajstić information content (AvgIpc) is 2.72. The van der Waals surface area contributed by atoms with Crippen LogP contribution in [0.4, 0.5) is 11.4 Å². The van der Waals surface area contributed by atoms with Gasteiger partial charge in [0, 0.05) is 25.3 Å². The lowest BCUT2D eigenvalue weighted by molar-refractivity contribution is -0.114. The van der Waals surface area contributed by atoms with Crippen LogP contribution in [0.3, 0.4) is 0 Å². The number of rotatable bonds is 3. The minimum Gasteiger partial charge on any atom is -0.326 e. The number of anilines is 2. The molecule has 0 saturated carbocycles. The molecule has 0 aliphatic carbocycles. The third-order valence-electron chi connectivity index (χ3n) is 3.04. The SMILES string of the molecule is CC(=O)Nc1ccc(C)c(NC(=O)c2cc(C)nn2C)c1. The lowest BCUT2D eigenvalue weighted by Gasteiger charge is -2.11. The summed E-state index contributed by atoms with van der Waals surface area (Å²) >= 11 is 0. The van der Waals surface area contributed by atoms with E-state index in [0.717, 1.165) is 11.3 Å². The summed E-state index contributed by atoms with van der Waals surface area (Å²) in [6, 6.07) is 7.09. The first-order valence-corrected chi connectivity index (χ1v) is 6.57. The predicted octanol–water partition coefficient (Wildman–Crippen LogP) is 2.25. The van der Waals surface area contributed by atoms with Gasteiger partial charge in [-0.3, -0.25) is 14.3 Å². The molecule has 0 fully saturated rings. The normalized spacial score (nSPS) is 10.3. The molecule has 0 bridgehead atoms. The highest BCUT2D eigenvalue weighted by Crippen LogP contribution is 2.21. The lowest BCUT2D eigenvalue weighted by atomic mass is 10.1. The standard InChI is InChI=1S/C15H18N4O2/c1-9-5-6-12(16-11(3)20)8-13(9)17-15(21)14-7-10(2)18-19(14)4/h5-8H,1-4H3,(H,16,20)(H,17,21). The molecule has 1 aromatic heterocycles. The first kappa shape index (κ1) is 14.8. The Hall–Kier alpha value is -2.63. The van der Waals surface area contributed by atoms with Gasteiger partial charge in [0.1, 0.15) is 5.69 Å². The molecule has 0 atom stereocenters. The van der Waals surface area contributed by atoms with E-state index >= 15 is 0 Å². The maximum Gasteiger partial charge on any atom is 0.273 e. The molecule has 0 aliphatic heterocycles. The average molecular weight is 286 g/mol. The molecular formula is C15H18N4O2. The van der Waals surface area contributed by atoms with Crippen LogP contribution in [0, 0.1) is 13.8 Å². The Labute approximate surface area is 123 Å². The zero-order chi connectivity index (χ0) is 15.6. The number of carbonyl (C=O) groups excluding carboxylic acids is 2. The van der Waals surface area contributed by atoms with Gasteiger partial charge in [-0.2, -0.15) is 5.10 Å². The molecular weight excluding hydrogens is 268 g/mol. The minimum absolute atomic E-state index is 0.154. The Morgan fingerprint density at radius 2 is 1.86 bits per heavy atom. The zero-order valence-corrected chi connectivity index (χ0v) is 12.5. The van der Waals surface area contributed by atoms with Gasteiger partial charge in [-0.25, -0.2) is 0 Å². The van der Waals surface area contributed by atoms with E-state index in [2.05, 4.69) is 15.7 Å². The number of benzene rings is 1. The molecule has 2 N–H and O–H groups in total. The third kappa shape index (κ3) is 3.47. The number of nitrogens with one attached hydrogen (secondary N) is 2. The van der Waals surface area contributed by atoms with Gasteiger partial charge in [-0.15, -0.1) is 0 Å². The smallest absolute Gasteiger partial charge is 0.273 e. The van der Waals surface area contributed by atoms with E-state index in [9.17, 15) is 9.59 Å². The second-order valence-corrected chi connectivity index (χ2v) is 4.96. The van der Waals surface area contributed by atoms with Crippen molar-refractivity contribution in [3.05, 3.63) is 41.2 Å². The van der Waals surface area contributed by atoms with Crippen molar-refractivity contribution in [3.8, 4) is 0 Å². The molecule has 1 aromatic carbocycles. The Bertz CT molecular complexity index is 704.